The lowest BCUT2D eigenvalue weighted by Gasteiger charge is -2.12. The van der Waals surface area contributed by atoms with Gasteiger partial charge in [0.15, 0.2) is 0 Å². The number of rotatable bonds is 1. The van der Waals surface area contributed by atoms with Gasteiger partial charge in [-0.1, -0.05) is 0 Å². The summed E-state index contributed by atoms with van der Waals surface area (Å²) < 4.78 is 49.7. The molecule has 0 aliphatic heterocycles. The van der Waals surface area contributed by atoms with E-state index in [0.29, 0.717) is 12.1 Å². The van der Waals surface area contributed by atoms with Gasteiger partial charge in [-0.3, -0.25) is 0 Å². The molecule has 0 bridgehead atoms. The van der Waals surface area contributed by atoms with Crippen molar-refractivity contribution in [2.24, 2.45) is 5.73 Å². The predicted octanol–water partition coefficient (Wildman–Crippen LogP) is 1.89. The number of anilines is 1. The fraction of sp³-hybridized carbons (Fsp3) is 0.250. The lowest BCUT2D eigenvalue weighted by Crippen LogP contribution is -2.13. The van der Waals surface area contributed by atoms with Crippen molar-refractivity contribution < 1.29 is 17.6 Å². The fourth-order valence-corrected chi connectivity index (χ4v) is 1.06. The summed E-state index contributed by atoms with van der Waals surface area (Å²) >= 11 is 0. The van der Waals surface area contributed by atoms with Crippen LogP contribution >= 0.6 is 0 Å². The molecule has 4 N–H and O–H groups in total. The van der Waals surface area contributed by atoms with Crippen LogP contribution in [-0.2, 0) is 12.7 Å². The van der Waals surface area contributed by atoms with Crippen molar-refractivity contribution in [2.45, 2.75) is 12.7 Å². The van der Waals surface area contributed by atoms with Crippen molar-refractivity contribution in [1.29, 1.82) is 0 Å². The summed E-state index contributed by atoms with van der Waals surface area (Å²) in [6.45, 7) is -0.383. The molecule has 0 saturated carbocycles. The number of halogens is 4. The van der Waals surface area contributed by atoms with Gasteiger partial charge in [0.05, 0.1) is 11.3 Å². The van der Waals surface area contributed by atoms with E-state index < -0.39 is 23.2 Å². The van der Waals surface area contributed by atoms with E-state index in [0.717, 1.165) is 0 Å². The molecule has 2 nitrogen and oxygen atoms in total. The average Bonchev–Trinajstić information content (AvgIpc) is 2.07. The molecule has 0 aliphatic carbocycles. The first-order valence-corrected chi connectivity index (χ1v) is 3.71. The quantitative estimate of drug-likeness (QED) is 0.547. The van der Waals surface area contributed by atoms with Gasteiger partial charge in [-0.2, -0.15) is 13.2 Å². The number of alkyl halides is 3. The molecular formula is C8H8F4N2. The molecule has 1 rings (SSSR count). The summed E-state index contributed by atoms with van der Waals surface area (Å²) in [7, 11) is 0. The predicted molar refractivity (Wildman–Crippen MR) is 43.7 cm³/mol. The minimum atomic E-state index is -4.56. The molecule has 14 heavy (non-hydrogen) atoms. The number of benzene rings is 1. The largest absolute Gasteiger partial charge is 0.416 e. The zero-order valence-corrected chi connectivity index (χ0v) is 7.03. The van der Waals surface area contributed by atoms with Crippen LogP contribution in [0.15, 0.2) is 12.1 Å². The van der Waals surface area contributed by atoms with E-state index in [9.17, 15) is 17.6 Å². The van der Waals surface area contributed by atoms with Gasteiger partial charge >= 0.3 is 6.18 Å². The van der Waals surface area contributed by atoms with Gasteiger partial charge in [-0.25, -0.2) is 4.39 Å². The van der Waals surface area contributed by atoms with E-state index in [1.165, 1.54) is 0 Å². The Labute approximate surface area is 77.5 Å². The van der Waals surface area contributed by atoms with Crippen molar-refractivity contribution in [1.82, 2.24) is 0 Å². The van der Waals surface area contributed by atoms with Crippen LogP contribution in [0.4, 0.5) is 23.2 Å². The van der Waals surface area contributed by atoms with Crippen molar-refractivity contribution in [3.05, 3.63) is 29.1 Å². The minimum absolute atomic E-state index is 0.302. The number of hydrogen-bond acceptors (Lipinski definition) is 2. The van der Waals surface area contributed by atoms with Crippen LogP contribution in [0.25, 0.3) is 0 Å². The Kier molecular flexibility index (Phi) is 2.66. The molecule has 0 heterocycles. The SMILES string of the molecule is NCc1cc(F)c(N)cc1C(F)(F)F. The van der Waals surface area contributed by atoms with Crippen LogP contribution in [0.5, 0.6) is 0 Å². The zero-order chi connectivity index (χ0) is 10.9. The second-order valence-electron chi connectivity index (χ2n) is 2.73. The molecule has 0 saturated heterocycles. The molecule has 1 aromatic carbocycles. The third-order valence-corrected chi connectivity index (χ3v) is 1.75. The third-order valence-electron chi connectivity index (χ3n) is 1.75. The summed E-state index contributed by atoms with van der Waals surface area (Å²) in [4.78, 5) is 0. The molecular weight excluding hydrogens is 200 g/mol. The summed E-state index contributed by atoms with van der Waals surface area (Å²) in [6, 6.07) is 1.26. The Balaban J connectivity index is 3.35. The molecule has 0 unspecified atom stereocenters. The number of nitrogen functional groups attached to an aromatic ring is 1. The Bertz CT molecular complexity index is 346. The van der Waals surface area contributed by atoms with Crippen LogP contribution in [-0.4, -0.2) is 0 Å². The molecule has 0 spiro atoms. The van der Waals surface area contributed by atoms with E-state index in [2.05, 4.69) is 0 Å². The normalized spacial score (nSPS) is 11.8. The van der Waals surface area contributed by atoms with Gasteiger partial charge in [0.2, 0.25) is 0 Å². The second-order valence-corrected chi connectivity index (χ2v) is 2.73. The van der Waals surface area contributed by atoms with E-state index in [1.54, 1.807) is 0 Å². The van der Waals surface area contributed by atoms with E-state index in [-0.39, 0.29) is 12.1 Å². The maximum Gasteiger partial charge on any atom is 0.416 e. The highest BCUT2D eigenvalue weighted by molar-refractivity contribution is 5.47. The Morgan fingerprint density at radius 2 is 1.79 bits per heavy atom. The molecule has 1 aromatic rings. The fourth-order valence-electron chi connectivity index (χ4n) is 1.06. The lowest BCUT2D eigenvalue weighted by atomic mass is 10.1. The molecule has 0 aliphatic rings. The van der Waals surface area contributed by atoms with Gasteiger partial charge < -0.3 is 11.5 Å². The third kappa shape index (κ3) is 1.95. The van der Waals surface area contributed by atoms with Crippen LogP contribution in [0, 0.1) is 5.82 Å². The summed E-state index contributed by atoms with van der Waals surface area (Å²) in [5, 5.41) is 0. The van der Waals surface area contributed by atoms with Crippen LogP contribution < -0.4 is 11.5 Å². The Morgan fingerprint density at radius 1 is 1.21 bits per heavy atom. The van der Waals surface area contributed by atoms with Gasteiger partial charge in [0.1, 0.15) is 5.82 Å². The topological polar surface area (TPSA) is 52.0 Å². The summed E-state index contributed by atoms with van der Waals surface area (Å²) in [6.07, 6.45) is -4.56. The average molecular weight is 208 g/mol. The number of nitrogens with two attached hydrogens (primary N) is 2. The molecule has 0 radical (unpaired) electrons. The highest BCUT2D eigenvalue weighted by Gasteiger charge is 2.33. The molecule has 0 aromatic heterocycles. The maximum absolute atomic E-state index is 12.8. The van der Waals surface area contributed by atoms with Crippen LogP contribution in [0.3, 0.4) is 0 Å². The standard InChI is InChI=1S/C8H8F4N2/c9-6-1-4(3-13)5(2-7(6)14)8(10,11)12/h1-2H,3,13-14H2. The van der Waals surface area contributed by atoms with Crippen molar-refractivity contribution in [3.63, 3.8) is 0 Å². The van der Waals surface area contributed by atoms with Gasteiger partial charge in [0, 0.05) is 6.54 Å². The first-order chi connectivity index (χ1) is 6.36. The molecule has 0 atom stereocenters. The molecule has 0 amide bonds. The monoisotopic (exact) mass is 208 g/mol. The minimum Gasteiger partial charge on any atom is -0.396 e. The van der Waals surface area contributed by atoms with Crippen LogP contribution in [0.2, 0.25) is 0 Å². The Morgan fingerprint density at radius 3 is 2.21 bits per heavy atom. The van der Waals surface area contributed by atoms with Gasteiger partial charge in [-0.05, 0) is 17.7 Å². The van der Waals surface area contributed by atoms with E-state index in [1.807, 2.05) is 0 Å². The van der Waals surface area contributed by atoms with E-state index >= 15 is 0 Å². The highest BCUT2D eigenvalue weighted by atomic mass is 19.4. The van der Waals surface area contributed by atoms with Crippen molar-refractivity contribution >= 4 is 5.69 Å². The molecule has 0 fully saturated rings. The van der Waals surface area contributed by atoms with Crippen molar-refractivity contribution in [2.75, 3.05) is 5.73 Å². The van der Waals surface area contributed by atoms with Crippen molar-refractivity contribution in [3.8, 4) is 0 Å². The second kappa shape index (κ2) is 3.45. The lowest BCUT2D eigenvalue weighted by molar-refractivity contribution is -0.138. The first-order valence-electron chi connectivity index (χ1n) is 3.71. The summed E-state index contributed by atoms with van der Waals surface area (Å²) in [5.41, 5.74) is 8.26. The highest BCUT2D eigenvalue weighted by Crippen LogP contribution is 2.33. The smallest absolute Gasteiger partial charge is 0.396 e. The number of hydrogen-bond donors (Lipinski definition) is 2. The molecule has 6 heteroatoms. The summed E-state index contributed by atoms with van der Waals surface area (Å²) in [5.74, 6) is -0.890. The van der Waals surface area contributed by atoms with Gasteiger partial charge in [0.25, 0.3) is 0 Å². The maximum atomic E-state index is 12.8. The van der Waals surface area contributed by atoms with Crippen LogP contribution in [0.1, 0.15) is 11.1 Å². The first kappa shape index (κ1) is 10.8. The Hall–Kier alpha value is -1.30. The van der Waals surface area contributed by atoms with Gasteiger partial charge in [-0.15, -0.1) is 0 Å². The molecule has 78 valence electrons. The zero-order valence-electron chi connectivity index (χ0n) is 7.03. The van der Waals surface area contributed by atoms with E-state index in [4.69, 9.17) is 11.5 Å².